The smallest absolute Gasteiger partial charge is 0.244 e. The summed E-state index contributed by atoms with van der Waals surface area (Å²) in [6, 6.07) is 5.47. The van der Waals surface area contributed by atoms with Gasteiger partial charge in [-0.3, -0.25) is 4.79 Å². The summed E-state index contributed by atoms with van der Waals surface area (Å²) in [7, 11) is 0. The van der Waals surface area contributed by atoms with Gasteiger partial charge in [0.05, 0.1) is 0 Å². The Balaban J connectivity index is 2.01. The summed E-state index contributed by atoms with van der Waals surface area (Å²) < 4.78 is 0. The molecule has 2 rings (SSSR count). The minimum Gasteiger partial charge on any atom is -0.374 e. The molecule has 1 N–H and O–H groups in total. The number of aryl methyl sites for hydroxylation is 1. The van der Waals surface area contributed by atoms with E-state index in [1.54, 1.807) is 0 Å². The van der Waals surface area contributed by atoms with Gasteiger partial charge in [0, 0.05) is 23.8 Å². The third-order valence-corrected chi connectivity index (χ3v) is 3.58. The van der Waals surface area contributed by atoms with E-state index >= 15 is 0 Å². The topological polar surface area (TPSA) is 32.3 Å². The highest BCUT2D eigenvalue weighted by atomic mass is 35.5. The van der Waals surface area contributed by atoms with Crippen LogP contribution in [0.1, 0.15) is 25.3 Å². The van der Waals surface area contributed by atoms with Crippen molar-refractivity contribution in [3.8, 4) is 0 Å². The monoisotopic (exact) mass is 266 g/mol. The highest BCUT2D eigenvalue weighted by Crippen LogP contribution is 2.21. The van der Waals surface area contributed by atoms with E-state index in [1.807, 2.05) is 36.9 Å². The van der Waals surface area contributed by atoms with E-state index < -0.39 is 0 Å². The SMILES string of the molecule is Cc1cc(Cl)ccc1NC(C)C(=O)N1CCCC1. The molecule has 1 amide bonds. The molecule has 1 fully saturated rings. The maximum absolute atomic E-state index is 12.2. The van der Waals surface area contributed by atoms with Gasteiger partial charge in [-0.2, -0.15) is 0 Å². The van der Waals surface area contributed by atoms with E-state index in [9.17, 15) is 4.79 Å². The van der Waals surface area contributed by atoms with Crippen molar-refractivity contribution in [2.24, 2.45) is 0 Å². The van der Waals surface area contributed by atoms with E-state index in [1.165, 1.54) is 0 Å². The van der Waals surface area contributed by atoms with Crippen molar-refractivity contribution in [3.05, 3.63) is 28.8 Å². The van der Waals surface area contributed by atoms with Gasteiger partial charge in [0.15, 0.2) is 0 Å². The second kappa shape index (κ2) is 5.61. The van der Waals surface area contributed by atoms with Crippen molar-refractivity contribution in [1.29, 1.82) is 0 Å². The summed E-state index contributed by atoms with van der Waals surface area (Å²) in [5, 5.41) is 3.98. The highest BCUT2D eigenvalue weighted by molar-refractivity contribution is 6.30. The maximum atomic E-state index is 12.2. The largest absolute Gasteiger partial charge is 0.374 e. The van der Waals surface area contributed by atoms with Crippen LogP contribution in [0.2, 0.25) is 5.02 Å². The maximum Gasteiger partial charge on any atom is 0.244 e. The summed E-state index contributed by atoms with van der Waals surface area (Å²) in [5.74, 6) is 0.182. The Kier molecular flexibility index (Phi) is 4.12. The van der Waals surface area contributed by atoms with E-state index in [4.69, 9.17) is 11.6 Å². The minimum atomic E-state index is -0.192. The number of likely N-dealkylation sites (tertiary alicyclic amines) is 1. The van der Waals surface area contributed by atoms with Crippen LogP contribution >= 0.6 is 11.6 Å². The van der Waals surface area contributed by atoms with Gasteiger partial charge in [-0.05, 0) is 50.5 Å². The van der Waals surface area contributed by atoms with Gasteiger partial charge in [-0.15, -0.1) is 0 Å². The molecule has 4 heteroatoms. The standard InChI is InChI=1S/C14H19ClN2O/c1-10-9-12(15)5-6-13(10)16-11(2)14(18)17-7-3-4-8-17/h5-6,9,11,16H,3-4,7-8H2,1-2H3. The Hall–Kier alpha value is -1.22. The van der Waals surface area contributed by atoms with Crippen LogP contribution in [0.5, 0.6) is 0 Å². The zero-order valence-corrected chi connectivity index (χ0v) is 11.6. The number of nitrogens with zero attached hydrogens (tertiary/aromatic N) is 1. The lowest BCUT2D eigenvalue weighted by molar-refractivity contribution is -0.130. The van der Waals surface area contributed by atoms with Gasteiger partial charge >= 0.3 is 0 Å². The molecule has 1 aromatic rings. The van der Waals surface area contributed by atoms with Crippen LogP contribution in [0.4, 0.5) is 5.69 Å². The van der Waals surface area contributed by atoms with Gasteiger partial charge in [0.25, 0.3) is 0 Å². The summed E-state index contributed by atoms with van der Waals surface area (Å²) >= 11 is 5.92. The fraction of sp³-hybridized carbons (Fsp3) is 0.500. The first-order valence-corrected chi connectivity index (χ1v) is 6.77. The van der Waals surface area contributed by atoms with Crippen LogP contribution in [0.15, 0.2) is 18.2 Å². The minimum absolute atomic E-state index is 0.182. The molecular formula is C14H19ClN2O. The predicted octanol–water partition coefficient (Wildman–Crippen LogP) is 3.07. The second-order valence-corrected chi connectivity index (χ2v) is 5.29. The number of hydrogen-bond donors (Lipinski definition) is 1. The van der Waals surface area contributed by atoms with Crippen LogP contribution in [-0.2, 0) is 4.79 Å². The molecule has 3 nitrogen and oxygen atoms in total. The van der Waals surface area contributed by atoms with Crippen molar-refractivity contribution in [2.75, 3.05) is 18.4 Å². The zero-order chi connectivity index (χ0) is 13.1. The number of halogens is 1. The van der Waals surface area contributed by atoms with E-state index in [0.717, 1.165) is 42.2 Å². The Labute approximate surface area is 113 Å². The fourth-order valence-electron chi connectivity index (χ4n) is 2.30. The van der Waals surface area contributed by atoms with Crippen LogP contribution in [0.3, 0.4) is 0 Å². The van der Waals surface area contributed by atoms with E-state index in [-0.39, 0.29) is 11.9 Å². The first-order chi connectivity index (χ1) is 8.58. The predicted molar refractivity (Wildman–Crippen MR) is 75.1 cm³/mol. The summed E-state index contributed by atoms with van der Waals surface area (Å²) in [6.45, 7) is 5.69. The normalized spacial score (nSPS) is 16.7. The Morgan fingerprint density at radius 1 is 1.39 bits per heavy atom. The van der Waals surface area contributed by atoms with Crippen molar-refractivity contribution in [2.45, 2.75) is 32.7 Å². The lowest BCUT2D eigenvalue weighted by Crippen LogP contribution is -2.39. The molecule has 98 valence electrons. The molecule has 1 unspecified atom stereocenters. The number of carbonyl (C=O) groups excluding carboxylic acids is 1. The molecular weight excluding hydrogens is 248 g/mol. The number of carbonyl (C=O) groups is 1. The lowest BCUT2D eigenvalue weighted by atomic mass is 10.1. The van der Waals surface area contributed by atoms with E-state index in [0.29, 0.717) is 0 Å². The summed E-state index contributed by atoms with van der Waals surface area (Å²) in [4.78, 5) is 14.1. The van der Waals surface area contributed by atoms with E-state index in [2.05, 4.69) is 5.32 Å². The Morgan fingerprint density at radius 2 is 2.06 bits per heavy atom. The molecule has 1 saturated heterocycles. The van der Waals surface area contributed by atoms with Crippen LogP contribution in [0, 0.1) is 6.92 Å². The Morgan fingerprint density at radius 3 is 2.67 bits per heavy atom. The first kappa shape index (κ1) is 13.2. The number of anilines is 1. The molecule has 1 aliphatic heterocycles. The Bertz CT molecular complexity index is 441. The first-order valence-electron chi connectivity index (χ1n) is 6.39. The van der Waals surface area contributed by atoms with Crippen molar-refractivity contribution in [3.63, 3.8) is 0 Å². The van der Waals surface area contributed by atoms with Gasteiger partial charge in [-0.25, -0.2) is 0 Å². The lowest BCUT2D eigenvalue weighted by Gasteiger charge is -2.22. The highest BCUT2D eigenvalue weighted by Gasteiger charge is 2.23. The van der Waals surface area contributed by atoms with Crippen LogP contribution in [-0.4, -0.2) is 29.9 Å². The molecule has 0 bridgehead atoms. The van der Waals surface area contributed by atoms with Crippen molar-refractivity contribution in [1.82, 2.24) is 4.90 Å². The van der Waals surface area contributed by atoms with Gasteiger partial charge in [0.2, 0.25) is 5.91 Å². The van der Waals surface area contributed by atoms with Gasteiger partial charge in [-0.1, -0.05) is 11.6 Å². The fourth-order valence-corrected chi connectivity index (χ4v) is 2.52. The third kappa shape index (κ3) is 2.96. The molecule has 1 aromatic carbocycles. The molecule has 0 saturated carbocycles. The van der Waals surface area contributed by atoms with Crippen molar-refractivity contribution < 1.29 is 4.79 Å². The molecule has 1 heterocycles. The third-order valence-electron chi connectivity index (χ3n) is 3.35. The number of hydrogen-bond acceptors (Lipinski definition) is 2. The zero-order valence-electron chi connectivity index (χ0n) is 10.9. The molecule has 18 heavy (non-hydrogen) atoms. The summed E-state index contributed by atoms with van der Waals surface area (Å²) in [6.07, 6.45) is 2.25. The number of rotatable bonds is 3. The number of nitrogens with one attached hydrogen (secondary N) is 1. The molecule has 1 atom stereocenters. The molecule has 0 aromatic heterocycles. The number of benzene rings is 1. The molecule has 0 spiro atoms. The van der Waals surface area contributed by atoms with Crippen LogP contribution < -0.4 is 5.32 Å². The number of amides is 1. The van der Waals surface area contributed by atoms with Crippen LogP contribution in [0.25, 0.3) is 0 Å². The van der Waals surface area contributed by atoms with Gasteiger partial charge in [0.1, 0.15) is 6.04 Å². The second-order valence-electron chi connectivity index (χ2n) is 4.86. The average molecular weight is 267 g/mol. The molecule has 0 radical (unpaired) electrons. The summed E-state index contributed by atoms with van der Waals surface area (Å²) in [5.41, 5.74) is 2.03. The quantitative estimate of drug-likeness (QED) is 0.912. The molecule has 0 aliphatic carbocycles. The average Bonchev–Trinajstić information content (AvgIpc) is 2.85. The molecule has 1 aliphatic rings. The van der Waals surface area contributed by atoms with Gasteiger partial charge < -0.3 is 10.2 Å². The van der Waals surface area contributed by atoms with Crippen molar-refractivity contribution >= 4 is 23.2 Å².